The third-order valence-corrected chi connectivity index (χ3v) is 4.84. The van der Waals surface area contributed by atoms with Crippen LogP contribution >= 0.6 is 12.8 Å². The van der Waals surface area contributed by atoms with Crippen LogP contribution in [0.25, 0.3) is 11.1 Å². The topological polar surface area (TPSA) is 44.4 Å². The van der Waals surface area contributed by atoms with Crippen molar-refractivity contribution in [1.82, 2.24) is 14.9 Å². The zero-order valence-electron chi connectivity index (χ0n) is 15.7. The van der Waals surface area contributed by atoms with Gasteiger partial charge in [-0.3, -0.25) is 9.52 Å². The lowest BCUT2D eigenvalue weighted by Crippen LogP contribution is -2.42. The van der Waals surface area contributed by atoms with Crippen molar-refractivity contribution < 1.29 is 18.0 Å². The van der Waals surface area contributed by atoms with Crippen LogP contribution in [0.15, 0.2) is 42.5 Å². The highest BCUT2D eigenvalue weighted by molar-refractivity contribution is 7.78. The average Bonchev–Trinajstić information content (AvgIpc) is 2.98. The van der Waals surface area contributed by atoms with E-state index in [4.69, 9.17) is 0 Å². The van der Waals surface area contributed by atoms with Crippen molar-refractivity contribution in [2.45, 2.75) is 24.7 Å². The molecule has 0 bridgehead atoms. The first kappa shape index (κ1) is 22.3. The normalized spacial score (nSPS) is 21.2. The number of nitrogens with zero attached hydrogens (tertiary/aromatic N) is 1. The Kier molecular flexibility index (Phi) is 8.35. The van der Waals surface area contributed by atoms with Crippen LogP contribution in [-0.2, 0) is 11.2 Å². The maximum Gasteiger partial charge on any atom is 0.210 e. The van der Waals surface area contributed by atoms with E-state index < -0.39 is 29.9 Å². The first-order valence-electron chi connectivity index (χ1n) is 8.83. The second-order valence-corrected chi connectivity index (χ2v) is 6.79. The molecule has 3 atom stereocenters. The fourth-order valence-electron chi connectivity index (χ4n) is 3.27. The Hall–Kier alpha value is -2.03. The van der Waals surface area contributed by atoms with E-state index in [2.05, 4.69) is 22.9 Å². The number of likely N-dealkylation sites (tertiary alicyclic amines) is 1. The molecule has 3 rings (SSSR count). The van der Waals surface area contributed by atoms with E-state index in [9.17, 15) is 18.0 Å². The highest BCUT2D eigenvalue weighted by Gasteiger charge is 2.41. The second-order valence-electron chi connectivity index (χ2n) is 6.53. The van der Waals surface area contributed by atoms with Gasteiger partial charge in [0.2, 0.25) is 6.41 Å². The molecule has 0 radical (unpaired) electrons. The number of hydrogen-bond donors (Lipinski definition) is 3. The maximum atomic E-state index is 14.9. The van der Waals surface area contributed by atoms with Gasteiger partial charge in [0.25, 0.3) is 0 Å². The zero-order chi connectivity index (χ0) is 20.7. The summed E-state index contributed by atoms with van der Waals surface area (Å²) < 4.78 is 45.0. The molecule has 4 nitrogen and oxygen atoms in total. The first-order valence-corrected chi connectivity index (χ1v) is 9.28. The summed E-state index contributed by atoms with van der Waals surface area (Å²) in [6, 6.07) is 9.24. The van der Waals surface area contributed by atoms with Crippen LogP contribution < -0.4 is 10.0 Å². The van der Waals surface area contributed by atoms with Gasteiger partial charge in [0.1, 0.15) is 17.8 Å². The third kappa shape index (κ3) is 5.06. The Morgan fingerprint density at radius 3 is 2.50 bits per heavy atom. The molecule has 1 aliphatic heterocycles. The van der Waals surface area contributed by atoms with Crippen LogP contribution in [0.1, 0.15) is 5.56 Å². The molecule has 0 aromatic heterocycles. The number of thiol groups is 1. The number of carbonyl (C=O) groups excluding carboxylic acids is 1. The molecule has 3 unspecified atom stereocenters. The Labute approximate surface area is 168 Å². The SMILES string of the molecule is CNC.O=CN1CC(F)C(NS)C1Cc1cccc(-c2cccc(F)c2)c1F. The van der Waals surface area contributed by atoms with Crippen molar-refractivity contribution >= 4 is 19.2 Å². The summed E-state index contributed by atoms with van der Waals surface area (Å²) in [5.41, 5.74) is 1.02. The number of alkyl halides is 1. The van der Waals surface area contributed by atoms with Crippen LogP contribution in [-0.4, -0.2) is 50.2 Å². The van der Waals surface area contributed by atoms with Gasteiger partial charge < -0.3 is 10.2 Å². The Morgan fingerprint density at radius 2 is 1.89 bits per heavy atom. The number of hydrogen-bond acceptors (Lipinski definition) is 4. The fourth-order valence-corrected chi connectivity index (χ4v) is 3.61. The predicted molar refractivity (Wildman–Crippen MR) is 108 cm³/mol. The van der Waals surface area contributed by atoms with E-state index in [1.54, 1.807) is 24.3 Å². The summed E-state index contributed by atoms with van der Waals surface area (Å²) in [6.07, 6.45) is -0.578. The van der Waals surface area contributed by atoms with Crippen molar-refractivity contribution in [3.63, 3.8) is 0 Å². The van der Waals surface area contributed by atoms with E-state index in [1.807, 2.05) is 14.1 Å². The minimum atomic E-state index is -1.28. The van der Waals surface area contributed by atoms with Crippen LogP contribution in [0.5, 0.6) is 0 Å². The standard InChI is InChI=1S/C18H17F3N2OS.C2H7N/c19-13-5-1-3-11(7-13)14-6-2-4-12(17(14)21)8-16-18(22-25)15(20)9-23(16)10-24;1-3-2/h1-7,10,15-16,18,22,25H,8-9H2;3H,1-2H3. The molecular weight excluding hydrogens is 387 g/mol. The molecular formula is C20H24F3N3OS. The number of benzene rings is 2. The smallest absolute Gasteiger partial charge is 0.210 e. The molecule has 0 saturated carbocycles. The lowest BCUT2D eigenvalue weighted by molar-refractivity contribution is -0.119. The van der Waals surface area contributed by atoms with Gasteiger partial charge in [0.15, 0.2) is 0 Å². The van der Waals surface area contributed by atoms with Gasteiger partial charge in [0.05, 0.1) is 18.6 Å². The summed E-state index contributed by atoms with van der Waals surface area (Å²) in [6.45, 7) is -0.0579. The zero-order valence-corrected chi connectivity index (χ0v) is 16.6. The van der Waals surface area contributed by atoms with Crippen molar-refractivity contribution in [1.29, 1.82) is 0 Å². The summed E-state index contributed by atoms with van der Waals surface area (Å²) in [5, 5.41) is 2.75. The molecule has 1 aliphatic rings. The van der Waals surface area contributed by atoms with E-state index in [0.717, 1.165) is 0 Å². The highest BCUT2D eigenvalue weighted by Crippen LogP contribution is 2.29. The Bertz CT molecular complexity index is 793. The quantitative estimate of drug-likeness (QED) is 0.524. The van der Waals surface area contributed by atoms with E-state index in [-0.39, 0.29) is 18.5 Å². The molecule has 8 heteroatoms. The van der Waals surface area contributed by atoms with E-state index in [1.165, 1.54) is 23.1 Å². The minimum Gasteiger partial charge on any atom is -0.337 e. The molecule has 0 aliphatic carbocycles. The second kappa shape index (κ2) is 10.5. The van der Waals surface area contributed by atoms with Crippen LogP contribution in [0, 0.1) is 11.6 Å². The van der Waals surface area contributed by atoms with Gasteiger partial charge >= 0.3 is 0 Å². The third-order valence-electron chi connectivity index (χ3n) is 4.54. The molecule has 1 heterocycles. The van der Waals surface area contributed by atoms with E-state index in [0.29, 0.717) is 17.5 Å². The maximum absolute atomic E-state index is 14.9. The number of nitrogens with one attached hydrogen (secondary N) is 2. The Balaban J connectivity index is 0.000000878. The molecule has 2 aromatic carbocycles. The first-order chi connectivity index (χ1) is 13.5. The molecule has 28 heavy (non-hydrogen) atoms. The van der Waals surface area contributed by atoms with Crippen molar-refractivity contribution in [2.75, 3.05) is 20.6 Å². The molecule has 1 amide bonds. The predicted octanol–water partition coefficient (Wildman–Crippen LogP) is 2.99. The molecule has 152 valence electrons. The van der Waals surface area contributed by atoms with Crippen LogP contribution in [0.4, 0.5) is 13.2 Å². The molecule has 0 spiro atoms. The summed E-state index contributed by atoms with van der Waals surface area (Å²) in [5.74, 6) is -0.955. The van der Waals surface area contributed by atoms with Gasteiger partial charge in [-0.25, -0.2) is 13.2 Å². The van der Waals surface area contributed by atoms with Crippen LogP contribution in [0.2, 0.25) is 0 Å². The van der Waals surface area contributed by atoms with Gasteiger partial charge in [0, 0.05) is 5.56 Å². The highest BCUT2D eigenvalue weighted by atomic mass is 32.1. The summed E-state index contributed by atoms with van der Waals surface area (Å²) >= 11 is 3.93. The van der Waals surface area contributed by atoms with Gasteiger partial charge in [-0.1, -0.05) is 43.1 Å². The molecule has 1 saturated heterocycles. The largest absolute Gasteiger partial charge is 0.337 e. The van der Waals surface area contributed by atoms with Crippen molar-refractivity contribution in [3.8, 4) is 11.1 Å². The van der Waals surface area contributed by atoms with E-state index >= 15 is 0 Å². The van der Waals surface area contributed by atoms with Gasteiger partial charge in [-0.15, -0.1) is 0 Å². The lowest BCUT2D eigenvalue weighted by atomic mass is 9.96. The summed E-state index contributed by atoms with van der Waals surface area (Å²) in [7, 11) is 3.75. The Morgan fingerprint density at radius 1 is 1.21 bits per heavy atom. The number of carbonyl (C=O) groups is 1. The van der Waals surface area contributed by atoms with Gasteiger partial charge in [-0.05, 0) is 43.8 Å². The number of amides is 1. The average molecular weight is 411 g/mol. The number of rotatable bonds is 5. The monoisotopic (exact) mass is 411 g/mol. The van der Waals surface area contributed by atoms with Crippen LogP contribution in [0.3, 0.4) is 0 Å². The number of halogens is 3. The lowest BCUT2D eigenvalue weighted by Gasteiger charge is -2.25. The molecule has 1 fully saturated rings. The fraction of sp³-hybridized carbons (Fsp3) is 0.350. The minimum absolute atomic E-state index is 0.0579. The van der Waals surface area contributed by atoms with Gasteiger partial charge in [-0.2, -0.15) is 0 Å². The molecule has 2 N–H and O–H groups in total. The summed E-state index contributed by atoms with van der Waals surface area (Å²) in [4.78, 5) is 12.5. The van der Waals surface area contributed by atoms with Crippen molar-refractivity contribution in [3.05, 3.63) is 59.7 Å². The molecule has 2 aromatic rings. The van der Waals surface area contributed by atoms with Crippen molar-refractivity contribution in [2.24, 2.45) is 0 Å².